The molecule has 0 bridgehead atoms. The summed E-state index contributed by atoms with van der Waals surface area (Å²) in [5.74, 6) is 0. The fourth-order valence-electron chi connectivity index (χ4n) is 1.34. The molecule has 0 aliphatic carbocycles. The molecule has 0 aromatic carbocycles. The molecule has 0 aliphatic heterocycles. The van der Waals surface area contributed by atoms with E-state index in [9.17, 15) is 0 Å². The number of hydrogen-bond acceptors (Lipinski definition) is 1. The summed E-state index contributed by atoms with van der Waals surface area (Å²) < 4.78 is 2.66. The summed E-state index contributed by atoms with van der Waals surface area (Å²) in [6, 6.07) is 2.40. The van der Waals surface area contributed by atoms with E-state index >= 15 is 0 Å². The highest BCUT2D eigenvalue weighted by molar-refractivity contribution is 6.83. The van der Waals surface area contributed by atoms with Crippen molar-refractivity contribution in [1.29, 1.82) is 0 Å². The van der Waals surface area contributed by atoms with Gasteiger partial charge in [0.15, 0.2) is 0 Å². The maximum atomic E-state index is 3.84. The Bertz CT molecular complexity index is 162. The average molecular weight is 213 g/mol. The molecule has 0 unspecified atom stereocenters. The van der Waals surface area contributed by atoms with Crippen LogP contribution in [0.1, 0.15) is 0 Å². The van der Waals surface area contributed by atoms with Crippen molar-refractivity contribution in [1.82, 2.24) is 4.23 Å². The average Bonchev–Trinajstić information content (AvgIpc) is 2.01. The molecule has 0 rings (SSSR count). The lowest BCUT2D eigenvalue weighted by atomic mass is 10.7. The minimum Gasteiger partial charge on any atom is -0.350 e. The molecular formula is C10H23NSi2. The standard InChI is InChI=1S/C10H23NSi2/c1-7-9-12(10-8-2)11(3)13(4,5)6/h7-8,12H,1-2,9-10H2,3-6H3. The molecule has 0 fully saturated rings. The van der Waals surface area contributed by atoms with E-state index in [1.54, 1.807) is 0 Å². The molecule has 0 heterocycles. The number of hydrogen-bond donors (Lipinski definition) is 0. The van der Waals surface area contributed by atoms with Crippen LogP contribution in [0.2, 0.25) is 31.7 Å². The monoisotopic (exact) mass is 213 g/mol. The van der Waals surface area contributed by atoms with E-state index in [-0.39, 0.29) is 0 Å². The third-order valence-corrected chi connectivity index (χ3v) is 10.9. The number of nitrogens with zero attached hydrogens (tertiary/aromatic N) is 1. The summed E-state index contributed by atoms with van der Waals surface area (Å²) in [6.45, 7) is 14.9. The van der Waals surface area contributed by atoms with Crippen molar-refractivity contribution >= 4 is 17.2 Å². The number of allylic oxidation sites excluding steroid dienone is 2. The molecule has 0 saturated heterocycles. The minimum absolute atomic E-state index is 0.794. The van der Waals surface area contributed by atoms with Crippen molar-refractivity contribution in [3.63, 3.8) is 0 Å². The van der Waals surface area contributed by atoms with Crippen molar-refractivity contribution in [2.45, 2.75) is 31.7 Å². The summed E-state index contributed by atoms with van der Waals surface area (Å²) >= 11 is 0. The van der Waals surface area contributed by atoms with Gasteiger partial charge in [-0.2, -0.15) is 0 Å². The highest BCUT2D eigenvalue weighted by Crippen LogP contribution is 2.14. The van der Waals surface area contributed by atoms with Gasteiger partial charge in [-0.3, -0.25) is 0 Å². The van der Waals surface area contributed by atoms with Crippen LogP contribution >= 0.6 is 0 Å². The van der Waals surface area contributed by atoms with Crippen LogP contribution < -0.4 is 0 Å². The summed E-state index contributed by atoms with van der Waals surface area (Å²) in [4.78, 5) is 0. The lowest BCUT2D eigenvalue weighted by molar-refractivity contribution is 0.772. The molecule has 0 radical (unpaired) electrons. The van der Waals surface area contributed by atoms with Gasteiger partial charge in [0, 0.05) is 0 Å². The van der Waals surface area contributed by atoms with Gasteiger partial charge in [-0.05, 0) is 19.1 Å². The van der Waals surface area contributed by atoms with Gasteiger partial charge in [-0.15, -0.1) is 13.2 Å². The van der Waals surface area contributed by atoms with E-state index in [4.69, 9.17) is 0 Å². The SMILES string of the molecule is C=CC[SiH](CC=C)N(C)[Si](C)(C)C. The molecule has 0 N–H and O–H groups in total. The molecule has 0 saturated carbocycles. The van der Waals surface area contributed by atoms with Gasteiger partial charge in [-0.25, -0.2) is 0 Å². The van der Waals surface area contributed by atoms with Crippen LogP contribution in [0.4, 0.5) is 0 Å². The smallest absolute Gasteiger partial charge is 0.112 e. The Morgan fingerprint density at radius 1 is 1.15 bits per heavy atom. The molecule has 0 aliphatic rings. The minimum atomic E-state index is -1.10. The van der Waals surface area contributed by atoms with Gasteiger partial charge in [0.25, 0.3) is 0 Å². The van der Waals surface area contributed by atoms with Gasteiger partial charge in [0.05, 0.1) is 0 Å². The Labute approximate surface area is 85.9 Å². The first kappa shape index (κ1) is 12.9. The van der Waals surface area contributed by atoms with Crippen LogP contribution in [0.5, 0.6) is 0 Å². The predicted octanol–water partition coefficient (Wildman–Crippen LogP) is 2.85. The van der Waals surface area contributed by atoms with E-state index in [1.165, 1.54) is 12.1 Å². The van der Waals surface area contributed by atoms with Crippen LogP contribution in [0.3, 0.4) is 0 Å². The summed E-state index contributed by atoms with van der Waals surface area (Å²) in [6.07, 6.45) is 4.13. The van der Waals surface area contributed by atoms with E-state index in [1.807, 2.05) is 0 Å². The predicted molar refractivity (Wildman–Crippen MR) is 68.3 cm³/mol. The fourth-order valence-corrected chi connectivity index (χ4v) is 7.95. The maximum absolute atomic E-state index is 3.84. The lowest BCUT2D eigenvalue weighted by Crippen LogP contribution is -2.51. The van der Waals surface area contributed by atoms with E-state index in [0.717, 1.165) is 0 Å². The zero-order chi connectivity index (χ0) is 10.5. The Kier molecular flexibility index (Phi) is 5.52. The van der Waals surface area contributed by atoms with Crippen molar-refractivity contribution < 1.29 is 0 Å². The quantitative estimate of drug-likeness (QED) is 0.484. The molecule has 76 valence electrons. The van der Waals surface area contributed by atoms with Gasteiger partial charge < -0.3 is 4.23 Å². The van der Waals surface area contributed by atoms with Crippen LogP contribution in [0.25, 0.3) is 0 Å². The van der Waals surface area contributed by atoms with Gasteiger partial charge in [0.2, 0.25) is 0 Å². The third kappa shape index (κ3) is 4.59. The molecule has 13 heavy (non-hydrogen) atoms. The van der Waals surface area contributed by atoms with Crippen LogP contribution in [0.15, 0.2) is 25.3 Å². The first-order chi connectivity index (χ1) is 5.93. The largest absolute Gasteiger partial charge is 0.350 e. The zero-order valence-corrected chi connectivity index (χ0v) is 11.7. The van der Waals surface area contributed by atoms with E-state index in [0.29, 0.717) is 0 Å². The molecule has 0 amide bonds. The summed E-state index contributed by atoms with van der Waals surface area (Å²) in [5, 5.41) is 0. The Morgan fingerprint density at radius 3 is 1.77 bits per heavy atom. The lowest BCUT2D eigenvalue weighted by Gasteiger charge is -2.36. The molecule has 0 aromatic heterocycles. The van der Waals surface area contributed by atoms with Crippen molar-refractivity contribution in [3.8, 4) is 0 Å². The molecule has 0 aromatic rings. The molecule has 1 nitrogen and oxygen atoms in total. The van der Waals surface area contributed by atoms with Crippen LogP contribution in [0, 0.1) is 0 Å². The second-order valence-electron chi connectivity index (χ2n) is 4.48. The normalized spacial score (nSPS) is 12.2. The topological polar surface area (TPSA) is 3.24 Å². The second-order valence-corrected chi connectivity index (χ2v) is 13.1. The first-order valence-corrected chi connectivity index (χ1v) is 10.5. The van der Waals surface area contributed by atoms with Crippen LogP contribution in [-0.4, -0.2) is 28.5 Å². The Hall–Kier alpha value is -0.126. The second kappa shape index (κ2) is 5.57. The van der Waals surface area contributed by atoms with Crippen molar-refractivity contribution in [3.05, 3.63) is 25.3 Å². The summed E-state index contributed by atoms with van der Waals surface area (Å²) in [7, 11) is 0.395. The molecule has 3 heteroatoms. The zero-order valence-electron chi connectivity index (χ0n) is 9.51. The van der Waals surface area contributed by atoms with E-state index < -0.39 is 17.2 Å². The fraction of sp³-hybridized carbons (Fsp3) is 0.600. The Morgan fingerprint density at radius 2 is 1.54 bits per heavy atom. The Balaban J connectivity index is 4.34. The molecular weight excluding hydrogens is 190 g/mol. The molecule has 0 spiro atoms. The van der Waals surface area contributed by atoms with Gasteiger partial charge in [0.1, 0.15) is 17.2 Å². The third-order valence-electron chi connectivity index (χ3n) is 2.48. The highest BCUT2D eigenvalue weighted by Gasteiger charge is 2.26. The number of rotatable bonds is 6. The maximum Gasteiger partial charge on any atom is 0.112 e. The van der Waals surface area contributed by atoms with E-state index in [2.05, 4.69) is 56.2 Å². The highest BCUT2D eigenvalue weighted by atomic mass is 28.4. The van der Waals surface area contributed by atoms with Crippen molar-refractivity contribution in [2.24, 2.45) is 0 Å². The van der Waals surface area contributed by atoms with Gasteiger partial charge in [-0.1, -0.05) is 31.8 Å². The van der Waals surface area contributed by atoms with Crippen molar-refractivity contribution in [2.75, 3.05) is 7.05 Å². The molecule has 0 atom stereocenters. The van der Waals surface area contributed by atoms with Gasteiger partial charge >= 0.3 is 0 Å². The van der Waals surface area contributed by atoms with Crippen LogP contribution in [-0.2, 0) is 0 Å². The summed E-state index contributed by atoms with van der Waals surface area (Å²) in [5.41, 5.74) is 0. The first-order valence-electron chi connectivity index (χ1n) is 4.88.